The molecule has 0 saturated heterocycles. The van der Waals surface area contributed by atoms with Crippen LogP contribution in [0.4, 0.5) is 0 Å². The van der Waals surface area contributed by atoms with E-state index < -0.39 is 5.91 Å². The average molecular weight is 471 g/mol. The van der Waals surface area contributed by atoms with E-state index in [1.807, 2.05) is 6.07 Å². The zero-order chi connectivity index (χ0) is 19.8. The first kappa shape index (κ1) is 21.0. The van der Waals surface area contributed by atoms with Crippen LogP contribution in [0.5, 0.6) is 11.5 Å². The van der Waals surface area contributed by atoms with Gasteiger partial charge in [-0.15, -0.1) is 0 Å². The second kappa shape index (κ2) is 10.2. The molecule has 140 valence electrons. The van der Waals surface area contributed by atoms with Crippen molar-refractivity contribution in [3.8, 4) is 17.6 Å². The largest absolute Gasteiger partial charge is 0.493 e. The molecule has 0 fully saturated rings. The summed E-state index contributed by atoms with van der Waals surface area (Å²) in [4.78, 5) is 11.2. The quantitative estimate of drug-likeness (QED) is 0.469. The molecule has 6 nitrogen and oxygen atoms in total. The Morgan fingerprint density at radius 2 is 2.11 bits per heavy atom. The molecule has 0 bridgehead atoms. The summed E-state index contributed by atoms with van der Waals surface area (Å²) in [6.07, 6.45) is 1.18. The van der Waals surface area contributed by atoms with Crippen molar-refractivity contribution in [2.45, 2.75) is 13.0 Å². The Hall–Kier alpha value is -2.27. The van der Waals surface area contributed by atoms with Crippen molar-refractivity contribution in [3.63, 3.8) is 0 Å². The minimum absolute atomic E-state index is 0.258. The maximum Gasteiger partial charge on any atom is 0.254 e. The molecule has 2 aromatic rings. The lowest BCUT2D eigenvalue weighted by Gasteiger charge is -2.14. The number of hydrazone groups is 1. The lowest BCUT2D eigenvalue weighted by Crippen LogP contribution is -2.16. The van der Waals surface area contributed by atoms with Crippen molar-refractivity contribution in [1.82, 2.24) is 5.43 Å². The summed E-state index contributed by atoms with van der Waals surface area (Å²) in [6, 6.07) is 10.5. The van der Waals surface area contributed by atoms with Gasteiger partial charge in [-0.3, -0.25) is 4.79 Å². The lowest BCUT2D eigenvalue weighted by molar-refractivity contribution is -0.120. The summed E-state index contributed by atoms with van der Waals surface area (Å²) in [6.45, 7) is 0.267. The van der Waals surface area contributed by atoms with Crippen molar-refractivity contribution < 1.29 is 14.3 Å². The van der Waals surface area contributed by atoms with Crippen LogP contribution in [0.3, 0.4) is 0 Å². The number of benzene rings is 2. The number of carbonyl (C=O) groups is 1. The lowest BCUT2D eigenvalue weighted by atomic mass is 10.2. The number of rotatable bonds is 7. The van der Waals surface area contributed by atoms with Gasteiger partial charge in [0.2, 0.25) is 0 Å². The van der Waals surface area contributed by atoms with Crippen LogP contribution in [0.1, 0.15) is 17.5 Å². The maximum absolute atomic E-state index is 11.2. The number of halogens is 3. The van der Waals surface area contributed by atoms with E-state index in [0.29, 0.717) is 31.6 Å². The number of amides is 1. The molecule has 0 aliphatic rings. The molecule has 0 aliphatic carbocycles. The number of nitrogens with zero attached hydrogens (tertiary/aromatic N) is 2. The monoisotopic (exact) mass is 469 g/mol. The molecule has 0 aliphatic heterocycles. The molecule has 0 spiro atoms. The predicted molar refractivity (Wildman–Crippen MR) is 107 cm³/mol. The molecule has 0 atom stereocenters. The Kier molecular flexibility index (Phi) is 7.92. The van der Waals surface area contributed by atoms with Gasteiger partial charge in [0, 0.05) is 0 Å². The number of nitriles is 1. The van der Waals surface area contributed by atoms with Gasteiger partial charge in [0.05, 0.1) is 33.9 Å². The number of methoxy groups -OCH3 is 1. The highest BCUT2D eigenvalue weighted by molar-refractivity contribution is 9.10. The molecule has 1 amide bonds. The Labute approximate surface area is 174 Å². The van der Waals surface area contributed by atoms with Crippen LogP contribution in [0.2, 0.25) is 10.0 Å². The highest BCUT2D eigenvalue weighted by Crippen LogP contribution is 2.37. The van der Waals surface area contributed by atoms with Crippen LogP contribution in [0.15, 0.2) is 39.9 Å². The summed E-state index contributed by atoms with van der Waals surface area (Å²) >= 11 is 15.4. The van der Waals surface area contributed by atoms with E-state index in [-0.39, 0.29) is 13.0 Å². The SMILES string of the molecule is COc1cc(/C=N/NC(=O)CC#N)cc(Br)c1OCc1ccc(Cl)c(Cl)c1. The molecule has 0 radical (unpaired) electrons. The summed E-state index contributed by atoms with van der Waals surface area (Å²) in [5.41, 5.74) is 3.77. The van der Waals surface area contributed by atoms with E-state index in [0.717, 1.165) is 5.56 Å². The number of ether oxygens (including phenoxy) is 2. The van der Waals surface area contributed by atoms with E-state index >= 15 is 0 Å². The van der Waals surface area contributed by atoms with Crippen LogP contribution in [0.25, 0.3) is 0 Å². The fraction of sp³-hybridized carbons (Fsp3) is 0.167. The first-order valence-electron chi connectivity index (χ1n) is 7.57. The Balaban J connectivity index is 2.13. The summed E-state index contributed by atoms with van der Waals surface area (Å²) in [7, 11) is 1.52. The van der Waals surface area contributed by atoms with Gasteiger partial charge >= 0.3 is 0 Å². The third-order valence-corrected chi connectivity index (χ3v) is 4.59. The van der Waals surface area contributed by atoms with Crippen LogP contribution in [0, 0.1) is 11.3 Å². The summed E-state index contributed by atoms with van der Waals surface area (Å²) in [5.74, 6) is 0.504. The van der Waals surface area contributed by atoms with Gasteiger partial charge in [-0.2, -0.15) is 10.4 Å². The van der Waals surface area contributed by atoms with Crippen molar-refractivity contribution in [1.29, 1.82) is 5.26 Å². The second-order valence-electron chi connectivity index (χ2n) is 5.20. The Morgan fingerprint density at radius 3 is 2.78 bits per heavy atom. The van der Waals surface area contributed by atoms with Crippen LogP contribution in [-0.2, 0) is 11.4 Å². The molecular formula is C18H14BrCl2N3O3. The van der Waals surface area contributed by atoms with Gasteiger partial charge in [0.25, 0.3) is 5.91 Å². The zero-order valence-corrected chi connectivity index (χ0v) is 17.2. The second-order valence-corrected chi connectivity index (χ2v) is 6.87. The fourth-order valence-corrected chi connectivity index (χ4v) is 2.92. The number of hydrogen-bond donors (Lipinski definition) is 1. The molecule has 0 saturated carbocycles. The summed E-state index contributed by atoms with van der Waals surface area (Å²) in [5, 5.41) is 13.2. The van der Waals surface area contributed by atoms with Crippen molar-refractivity contribution in [3.05, 3.63) is 56.0 Å². The predicted octanol–water partition coefficient (Wildman–Crippen LogP) is 4.71. The van der Waals surface area contributed by atoms with E-state index in [4.69, 9.17) is 37.9 Å². The molecule has 0 heterocycles. The molecule has 0 unspecified atom stereocenters. The van der Waals surface area contributed by atoms with Crippen molar-refractivity contribution in [2.24, 2.45) is 5.10 Å². The standard InChI is InChI=1S/C18H14BrCl2N3O3/c1-26-16-8-12(9-23-24-17(25)4-5-22)6-13(19)18(16)27-10-11-2-3-14(20)15(21)7-11/h2-3,6-9H,4,10H2,1H3,(H,24,25)/b23-9+. The minimum atomic E-state index is -0.485. The maximum atomic E-state index is 11.2. The highest BCUT2D eigenvalue weighted by Gasteiger charge is 2.12. The topological polar surface area (TPSA) is 83.7 Å². The molecule has 9 heteroatoms. The molecule has 2 rings (SSSR count). The first-order valence-corrected chi connectivity index (χ1v) is 9.12. The Morgan fingerprint density at radius 1 is 1.33 bits per heavy atom. The highest BCUT2D eigenvalue weighted by atomic mass is 79.9. The van der Waals surface area contributed by atoms with E-state index in [1.54, 1.807) is 30.3 Å². The smallest absolute Gasteiger partial charge is 0.254 e. The van der Waals surface area contributed by atoms with Crippen molar-refractivity contribution >= 4 is 51.3 Å². The average Bonchev–Trinajstić information content (AvgIpc) is 2.63. The van der Waals surface area contributed by atoms with Crippen LogP contribution in [-0.4, -0.2) is 19.2 Å². The third kappa shape index (κ3) is 6.14. The van der Waals surface area contributed by atoms with Gasteiger partial charge in [-0.25, -0.2) is 5.43 Å². The van der Waals surface area contributed by atoms with Gasteiger partial charge in [-0.1, -0.05) is 29.3 Å². The number of nitrogens with one attached hydrogen (secondary N) is 1. The molecule has 27 heavy (non-hydrogen) atoms. The van der Waals surface area contributed by atoms with E-state index in [2.05, 4.69) is 26.5 Å². The van der Waals surface area contributed by atoms with Gasteiger partial charge in [-0.05, 0) is 51.3 Å². The zero-order valence-electron chi connectivity index (χ0n) is 14.1. The summed E-state index contributed by atoms with van der Waals surface area (Å²) < 4.78 is 11.9. The van der Waals surface area contributed by atoms with Gasteiger partial charge in [0.1, 0.15) is 13.0 Å². The van der Waals surface area contributed by atoms with Crippen LogP contribution < -0.4 is 14.9 Å². The minimum Gasteiger partial charge on any atom is -0.493 e. The first-order chi connectivity index (χ1) is 12.9. The van der Waals surface area contributed by atoms with Crippen LogP contribution >= 0.6 is 39.1 Å². The Bertz CT molecular complexity index is 913. The van der Waals surface area contributed by atoms with E-state index in [9.17, 15) is 4.79 Å². The van der Waals surface area contributed by atoms with Crippen molar-refractivity contribution in [2.75, 3.05) is 7.11 Å². The number of carbonyl (C=O) groups excluding carboxylic acids is 1. The van der Waals surface area contributed by atoms with E-state index in [1.165, 1.54) is 13.3 Å². The third-order valence-electron chi connectivity index (χ3n) is 3.26. The molecular weight excluding hydrogens is 457 g/mol. The normalized spacial score (nSPS) is 10.5. The van der Waals surface area contributed by atoms with Gasteiger partial charge in [0.15, 0.2) is 11.5 Å². The fourth-order valence-electron chi connectivity index (χ4n) is 2.03. The molecule has 0 aromatic heterocycles. The number of hydrogen-bond acceptors (Lipinski definition) is 5. The van der Waals surface area contributed by atoms with Gasteiger partial charge < -0.3 is 9.47 Å². The molecule has 2 aromatic carbocycles. The molecule has 1 N–H and O–H groups in total.